The first-order chi connectivity index (χ1) is 14.1. The molecule has 3 rings (SSSR count). The van der Waals surface area contributed by atoms with Gasteiger partial charge in [0.2, 0.25) is 5.91 Å². The topological polar surface area (TPSA) is 98.1 Å². The van der Waals surface area contributed by atoms with Crippen LogP contribution >= 0.6 is 11.8 Å². The molecule has 0 unspecified atom stereocenters. The average molecular weight is 418 g/mol. The molecule has 1 saturated carbocycles. The first kappa shape index (κ1) is 21.2. The van der Waals surface area contributed by atoms with Crippen LogP contribution in [0.3, 0.4) is 0 Å². The molecule has 1 fully saturated rings. The summed E-state index contributed by atoms with van der Waals surface area (Å²) in [5, 5.41) is 14.8. The molecule has 9 heteroatoms. The fourth-order valence-electron chi connectivity index (χ4n) is 3.36. The Morgan fingerprint density at radius 3 is 2.72 bits per heavy atom. The molecule has 1 aliphatic carbocycles. The van der Waals surface area contributed by atoms with Crippen molar-refractivity contribution in [1.82, 2.24) is 25.4 Å². The molecule has 2 N–H and O–H groups in total. The molecule has 156 valence electrons. The highest BCUT2D eigenvalue weighted by Gasteiger charge is 2.18. The molecule has 8 nitrogen and oxygen atoms in total. The number of carbonyl (C=O) groups is 2. The van der Waals surface area contributed by atoms with Crippen molar-refractivity contribution >= 4 is 23.6 Å². The quantitative estimate of drug-likeness (QED) is 0.640. The lowest BCUT2D eigenvalue weighted by atomic mass is 9.95. The fourth-order valence-corrected chi connectivity index (χ4v) is 4.10. The van der Waals surface area contributed by atoms with Gasteiger partial charge in [0.05, 0.1) is 25.0 Å². The maximum Gasteiger partial charge on any atom is 0.255 e. The lowest BCUT2D eigenvalue weighted by molar-refractivity contribution is -0.119. The third-order valence-corrected chi connectivity index (χ3v) is 6.01. The molecule has 2 aromatic rings. The van der Waals surface area contributed by atoms with Gasteiger partial charge in [-0.25, -0.2) is 0 Å². The molecule has 0 aliphatic heterocycles. The Bertz CT molecular complexity index is 848. The zero-order valence-corrected chi connectivity index (χ0v) is 17.6. The van der Waals surface area contributed by atoms with Crippen molar-refractivity contribution < 1.29 is 14.3 Å². The van der Waals surface area contributed by atoms with Crippen LogP contribution in [0.4, 0.5) is 0 Å². The van der Waals surface area contributed by atoms with Gasteiger partial charge in [-0.1, -0.05) is 43.2 Å². The predicted molar refractivity (Wildman–Crippen MR) is 111 cm³/mol. The summed E-state index contributed by atoms with van der Waals surface area (Å²) in [5.74, 6) is 1.21. The number of amides is 2. The molecular weight excluding hydrogens is 390 g/mol. The second kappa shape index (κ2) is 10.3. The molecule has 0 saturated heterocycles. The van der Waals surface area contributed by atoms with E-state index in [9.17, 15) is 9.59 Å². The van der Waals surface area contributed by atoms with Crippen molar-refractivity contribution in [1.29, 1.82) is 0 Å². The summed E-state index contributed by atoms with van der Waals surface area (Å²) < 4.78 is 7.01. The molecule has 29 heavy (non-hydrogen) atoms. The summed E-state index contributed by atoms with van der Waals surface area (Å²) in [6.07, 6.45) is 5.76. The van der Waals surface area contributed by atoms with Crippen LogP contribution in [0.1, 0.15) is 48.3 Å². The van der Waals surface area contributed by atoms with Crippen molar-refractivity contribution in [3.05, 3.63) is 35.7 Å². The second-order valence-corrected chi connectivity index (χ2v) is 7.97. The summed E-state index contributed by atoms with van der Waals surface area (Å²) >= 11 is 1.35. The van der Waals surface area contributed by atoms with Gasteiger partial charge in [-0.15, -0.1) is 10.2 Å². The molecule has 1 aliphatic rings. The van der Waals surface area contributed by atoms with E-state index in [1.165, 1.54) is 38.1 Å². The number of rotatable bonds is 8. The van der Waals surface area contributed by atoms with E-state index >= 15 is 0 Å². The van der Waals surface area contributed by atoms with Crippen molar-refractivity contribution in [2.75, 3.05) is 12.9 Å². The maximum absolute atomic E-state index is 12.4. The predicted octanol–water partition coefficient (Wildman–Crippen LogP) is 2.29. The second-order valence-electron chi connectivity index (χ2n) is 7.03. The highest BCUT2D eigenvalue weighted by atomic mass is 32.2. The Kier molecular flexibility index (Phi) is 7.51. The molecule has 0 spiro atoms. The summed E-state index contributed by atoms with van der Waals surface area (Å²) in [6.45, 7) is 0.231. The van der Waals surface area contributed by atoms with Crippen molar-refractivity contribution in [2.45, 2.75) is 49.8 Å². The zero-order chi connectivity index (χ0) is 20.6. The number of thioether (sulfide) groups is 1. The van der Waals surface area contributed by atoms with Crippen LogP contribution in [0.25, 0.3) is 0 Å². The van der Waals surface area contributed by atoms with Gasteiger partial charge < -0.3 is 19.9 Å². The maximum atomic E-state index is 12.4. The first-order valence-corrected chi connectivity index (χ1v) is 10.8. The smallest absolute Gasteiger partial charge is 0.255 e. The van der Waals surface area contributed by atoms with E-state index in [2.05, 4.69) is 20.8 Å². The minimum Gasteiger partial charge on any atom is -0.496 e. The third-order valence-electron chi connectivity index (χ3n) is 4.99. The van der Waals surface area contributed by atoms with Crippen molar-refractivity contribution in [2.24, 2.45) is 7.05 Å². The Balaban J connectivity index is 1.50. The van der Waals surface area contributed by atoms with Crippen LogP contribution in [0.2, 0.25) is 0 Å². The van der Waals surface area contributed by atoms with Gasteiger partial charge in [-0.05, 0) is 25.0 Å². The molecule has 1 aromatic heterocycles. The third kappa shape index (κ3) is 5.72. The van der Waals surface area contributed by atoms with Gasteiger partial charge in [-0.3, -0.25) is 9.59 Å². The molecular formula is C20H27N5O3S. The average Bonchev–Trinajstić information content (AvgIpc) is 3.10. The normalized spacial score (nSPS) is 14.4. The standard InChI is InChI=1S/C20H27N5O3S/c1-25-17(12-21-19(27)15-10-6-7-11-16(15)28-2)23-24-20(25)29-13-18(26)22-14-8-4-3-5-9-14/h6-7,10-11,14H,3-5,8-9,12-13H2,1-2H3,(H,21,27)(H,22,26). The van der Waals surface area contributed by atoms with Crippen molar-refractivity contribution in [3.63, 3.8) is 0 Å². The number of nitrogens with one attached hydrogen (secondary N) is 2. The minimum atomic E-state index is -0.244. The summed E-state index contributed by atoms with van der Waals surface area (Å²) in [4.78, 5) is 24.6. The monoisotopic (exact) mass is 417 g/mol. The largest absolute Gasteiger partial charge is 0.496 e. The summed E-state index contributed by atoms with van der Waals surface area (Å²) in [6, 6.07) is 7.34. The van der Waals surface area contributed by atoms with Crippen LogP contribution < -0.4 is 15.4 Å². The SMILES string of the molecule is COc1ccccc1C(=O)NCc1nnc(SCC(=O)NC2CCCCC2)n1C. The Morgan fingerprint density at radius 1 is 1.21 bits per heavy atom. The summed E-state index contributed by atoms with van der Waals surface area (Å²) in [5.41, 5.74) is 0.464. The Hall–Kier alpha value is -2.55. The molecule has 1 heterocycles. The number of carbonyl (C=O) groups excluding carboxylic acids is 2. The number of aromatic nitrogens is 3. The van der Waals surface area contributed by atoms with Gasteiger partial charge in [0.1, 0.15) is 5.75 Å². The number of ether oxygens (including phenoxy) is 1. The van der Waals surface area contributed by atoms with Crippen LogP contribution in [-0.2, 0) is 18.4 Å². The fraction of sp³-hybridized carbons (Fsp3) is 0.500. The van der Waals surface area contributed by atoms with Gasteiger partial charge in [-0.2, -0.15) is 0 Å². The van der Waals surface area contributed by atoms with Crippen LogP contribution in [0.15, 0.2) is 29.4 Å². The van der Waals surface area contributed by atoms with Crippen LogP contribution in [0.5, 0.6) is 5.75 Å². The lowest BCUT2D eigenvalue weighted by Gasteiger charge is -2.22. The summed E-state index contributed by atoms with van der Waals surface area (Å²) in [7, 11) is 3.36. The highest BCUT2D eigenvalue weighted by Crippen LogP contribution is 2.20. The van der Waals surface area contributed by atoms with Gasteiger partial charge in [0, 0.05) is 13.1 Å². The van der Waals surface area contributed by atoms with E-state index in [-0.39, 0.29) is 18.4 Å². The lowest BCUT2D eigenvalue weighted by Crippen LogP contribution is -2.37. The molecule has 0 atom stereocenters. The number of benzene rings is 1. The van der Waals surface area contributed by atoms with E-state index < -0.39 is 0 Å². The van der Waals surface area contributed by atoms with Gasteiger partial charge in [0.25, 0.3) is 5.91 Å². The Morgan fingerprint density at radius 2 is 1.97 bits per heavy atom. The number of nitrogens with zero attached hydrogens (tertiary/aromatic N) is 3. The van der Waals surface area contributed by atoms with Crippen LogP contribution in [0, 0.1) is 0 Å². The van der Waals surface area contributed by atoms with E-state index in [1.807, 2.05) is 13.1 Å². The number of hydrogen-bond acceptors (Lipinski definition) is 6. The van der Waals surface area contributed by atoms with Gasteiger partial charge in [0.15, 0.2) is 11.0 Å². The van der Waals surface area contributed by atoms with E-state index in [0.717, 1.165) is 12.8 Å². The Labute approximate surface area is 174 Å². The molecule has 0 radical (unpaired) electrons. The number of methoxy groups -OCH3 is 1. The minimum absolute atomic E-state index is 0.0240. The van der Waals surface area contributed by atoms with Crippen molar-refractivity contribution in [3.8, 4) is 5.75 Å². The molecule has 0 bridgehead atoms. The number of hydrogen-bond donors (Lipinski definition) is 2. The van der Waals surface area contributed by atoms with E-state index in [4.69, 9.17) is 4.74 Å². The van der Waals surface area contributed by atoms with E-state index in [1.54, 1.807) is 22.8 Å². The molecule has 1 aromatic carbocycles. The first-order valence-electron chi connectivity index (χ1n) is 9.80. The highest BCUT2D eigenvalue weighted by molar-refractivity contribution is 7.99. The number of para-hydroxylation sites is 1. The van der Waals surface area contributed by atoms with Gasteiger partial charge >= 0.3 is 0 Å². The zero-order valence-electron chi connectivity index (χ0n) is 16.8. The van der Waals surface area contributed by atoms with Crippen LogP contribution in [-0.4, -0.2) is 45.5 Å². The van der Waals surface area contributed by atoms with E-state index in [0.29, 0.717) is 34.1 Å². The molecule has 2 amide bonds.